The average molecular weight is 207 g/mol. The van der Waals surface area contributed by atoms with Crippen LogP contribution >= 0.6 is 0 Å². The summed E-state index contributed by atoms with van der Waals surface area (Å²) in [7, 11) is 0. The number of carbonyl (C=O) groups is 1. The van der Waals surface area contributed by atoms with E-state index in [0.29, 0.717) is 0 Å². The van der Waals surface area contributed by atoms with Crippen molar-refractivity contribution in [2.45, 2.75) is 0 Å². The molecule has 0 aromatic carbocycles. The number of hydrogen-bond acceptors (Lipinski definition) is 3. The van der Waals surface area contributed by atoms with E-state index >= 15 is 0 Å². The molecule has 2 aromatic rings. The Labute approximate surface area is 83.8 Å². The van der Waals surface area contributed by atoms with Crippen LogP contribution in [0.15, 0.2) is 30.7 Å². The van der Waals surface area contributed by atoms with Gasteiger partial charge >= 0.3 is 5.97 Å². The van der Waals surface area contributed by atoms with Crippen LogP contribution in [0.1, 0.15) is 10.4 Å². The molecule has 0 unspecified atom stereocenters. The number of pyridine rings is 1. The molecule has 2 rings (SSSR count). The highest BCUT2D eigenvalue weighted by molar-refractivity contribution is 5.87. The zero-order valence-electron chi connectivity index (χ0n) is 7.46. The standard InChI is InChI=1S/C9H6FN3O2/c10-7-4-6(9(14)15)5-11-8(7)13-3-1-2-12-13/h1-5H,(H,14,15). The van der Waals surface area contributed by atoms with Gasteiger partial charge in [0.25, 0.3) is 0 Å². The molecule has 6 heteroatoms. The van der Waals surface area contributed by atoms with E-state index in [1.165, 1.54) is 17.1 Å². The lowest BCUT2D eigenvalue weighted by Gasteiger charge is -2.02. The molecule has 0 amide bonds. The summed E-state index contributed by atoms with van der Waals surface area (Å²) in [6.07, 6.45) is 4.08. The van der Waals surface area contributed by atoms with Gasteiger partial charge in [-0.05, 0) is 12.1 Å². The highest BCUT2D eigenvalue weighted by Crippen LogP contribution is 2.10. The third kappa shape index (κ3) is 1.69. The smallest absolute Gasteiger partial charge is 0.337 e. The molecule has 0 atom stereocenters. The van der Waals surface area contributed by atoms with Crippen LogP contribution < -0.4 is 0 Å². The Balaban J connectivity index is 2.48. The molecule has 0 aliphatic rings. The normalized spacial score (nSPS) is 10.2. The molecule has 2 aromatic heterocycles. The summed E-state index contributed by atoms with van der Waals surface area (Å²) in [6, 6.07) is 2.53. The number of aromatic nitrogens is 3. The first-order chi connectivity index (χ1) is 7.18. The molecule has 15 heavy (non-hydrogen) atoms. The van der Waals surface area contributed by atoms with E-state index in [9.17, 15) is 9.18 Å². The van der Waals surface area contributed by atoms with E-state index in [2.05, 4.69) is 10.1 Å². The van der Waals surface area contributed by atoms with Gasteiger partial charge < -0.3 is 5.11 Å². The Hall–Kier alpha value is -2.24. The monoisotopic (exact) mass is 207 g/mol. The summed E-state index contributed by atoms with van der Waals surface area (Å²) in [4.78, 5) is 14.2. The van der Waals surface area contributed by atoms with Gasteiger partial charge in [0.05, 0.1) is 5.56 Å². The fourth-order valence-corrected chi connectivity index (χ4v) is 1.11. The Bertz CT molecular complexity index is 496. The van der Waals surface area contributed by atoms with Gasteiger partial charge in [-0.25, -0.2) is 18.9 Å². The molecule has 2 heterocycles. The fourth-order valence-electron chi connectivity index (χ4n) is 1.11. The second-order valence-electron chi connectivity index (χ2n) is 2.79. The first kappa shape index (κ1) is 9.32. The molecule has 76 valence electrons. The van der Waals surface area contributed by atoms with E-state index in [1.807, 2.05) is 0 Å². The Morgan fingerprint density at radius 3 is 2.87 bits per heavy atom. The van der Waals surface area contributed by atoms with Crippen molar-refractivity contribution in [3.05, 3.63) is 42.1 Å². The van der Waals surface area contributed by atoms with Crippen LogP contribution in [-0.2, 0) is 0 Å². The lowest BCUT2D eigenvalue weighted by Crippen LogP contribution is -2.05. The van der Waals surface area contributed by atoms with Crippen LogP contribution in [0.3, 0.4) is 0 Å². The summed E-state index contributed by atoms with van der Waals surface area (Å²) in [5.74, 6) is -1.96. The molecule has 5 nitrogen and oxygen atoms in total. The number of nitrogens with zero attached hydrogens (tertiary/aromatic N) is 3. The summed E-state index contributed by atoms with van der Waals surface area (Å²) in [5, 5.41) is 12.4. The number of carboxylic acids is 1. The Morgan fingerprint density at radius 2 is 2.33 bits per heavy atom. The van der Waals surface area contributed by atoms with Crippen molar-refractivity contribution in [2.75, 3.05) is 0 Å². The number of rotatable bonds is 2. The minimum atomic E-state index is -1.21. The first-order valence-electron chi connectivity index (χ1n) is 4.07. The van der Waals surface area contributed by atoms with Crippen molar-refractivity contribution in [2.24, 2.45) is 0 Å². The SMILES string of the molecule is O=C(O)c1cnc(-n2cccn2)c(F)c1. The summed E-state index contributed by atoms with van der Waals surface area (Å²) in [6.45, 7) is 0. The Kier molecular flexibility index (Phi) is 2.17. The second kappa shape index (κ2) is 3.49. The molecule has 0 bridgehead atoms. The lowest BCUT2D eigenvalue weighted by atomic mass is 10.3. The molecule has 0 spiro atoms. The van der Waals surface area contributed by atoms with Gasteiger partial charge in [-0.15, -0.1) is 0 Å². The van der Waals surface area contributed by atoms with E-state index in [-0.39, 0.29) is 11.4 Å². The first-order valence-corrected chi connectivity index (χ1v) is 4.07. The van der Waals surface area contributed by atoms with Gasteiger partial charge in [-0.2, -0.15) is 5.10 Å². The molecule has 0 saturated carbocycles. The number of halogens is 1. The largest absolute Gasteiger partial charge is 0.478 e. The zero-order valence-corrected chi connectivity index (χ0v) is 7.46. The Morgan fingerprint density at radius 1 is 1.53 bits per heavy atom. The molecular weight excluding hydrogens is 201 g/mol. The molecule has 1 N–H and O–H groups in total. The molecular formula is C9H6FN3O2. The third-order valence-corrected chi connectivity index (χ3v) is 1.79. The third-order valence-electron chi connectivity index (χ3n) is 1.79. The fraction of sp³-hybridized carbons (Fsp3) is 0. The van der Waals surface area contributed by atoms with Gasteiger partial charge in [0, 0.05) is 18.6 Å². The van der Waals surface area contributed by atoms with E-state index < -0.39 is 11.8 Å². The van der Waals surface area contributed by atoms with Crippen molar-refractivity contribution in [1.29, 1.82) is 0 Å². The molecule has 0 radical (unpaired) electrons. The van der Waals surface area contributed by atoms with Crippen LogP contribution in [0.4, 0.5) is 4.39 Å². The summed E-state index contributed by atoms with van der Waals surface area (Å²) >= 11 is 0. The summed E-state index contributed by atoms with van der Waals surface area (Å²) < 4.78 is 14.6. The maximum Gasteiger partial charge on any atom is 0.337 e. The average Bonchev–Trinajstić information content (AvgIpc) is 2.70. The van der Waals surface area contributed by atoms with Crippen molar-refractivity contribution < 1.29 is 14.3 Å². The van der Waals surface area contributed by atoms with Gasteiger partial charge in [-0.1, -0.05) is 0 Å². The van der Waals surface area contributed by atoms with E-state index in [0.717, 1.165) is 12.3 Å². The van der Waals surface area contributed by atoms with Crippen LogP contribution in [0, 0.1) is 5.82 Å². The topological polar surface area (TPSA) is 68.0 Å². The summed E-state index contributed by atoms with van der Waals surface area (Å²) in [5.41, 5.74) is -0.191. The lowest BCUT2D eigenvalue weighted by molar-refractivity contribution is 0.0696. The second-order valence-corrected chi connectivity index (χ2v) is 2.79. The van der Waals surface area contributed by atoms with Gasteiger partial charge in [0.1, 0.15) is 0 Å². The maximum atomic E-state index is 13.4. The predicted molar refractivity (Wildman–Crippen MR) is 48.3 cm³/mol. The van der Waals surface area contributed by atoms with Crippen LogP contribution in [0.2, 0.25) is 0 Å². The maximum absolute atomic E-state index is 13.4. The predicted octanol–water partition coefficient (Wildman–Crippen LogP) is 1.10. The number of carboxylic acid groups (broad SMARTS) is 1. The quantitative estimate of drug-likeness (QED) is 0.800. The van der Waals surface area contributed by atoms with Crippen molar-refractivity contribution in [3.8, 4) is 5.82 Å². The van der Waals surface area contributed by atoms with Gasteiger partial charge in [0.2, 0.25) is 0 Å². The van der Waals surface area contributed by atoms with Crippen LogP contribution in [0.5, 0.6) is 0 Å². The highest BCUT2D eigenvalue weighted by Gasteiger charge is 2.10. The van der Waals surface area contributed by atoms with Gasteiger partial charge in [-0.3, -0.25) is 0 Å². The van der Waals surface area contributed by atoms with Crippen molar-refractivity contribution in [1.82, 2.24) is 14.8 Å². The van der Waals surface area contributed by atoms with Crippen LogP contribution in [0.25, 0.3) is 5.82 Å². The molecule has 0 fully saturated rings. The highest BCUT2D eigenvalue weighted by atomic mass is 19.1. The van der Waals surface area contributed by atoms with Crippen molar-refractivity contribution in [3.63, 3.8) is 0 Å². The minimum Gasteiger partial charge on any atom is -0.478 e. The number of hydrogen-bond donors (Lipinski definition) is 1. The molecule has 0 aliphatic heterocycles. The van der Waals surface area contributed by atoms with Crippen LogP contribution in [-0.4, -0.2) is 25.8 Å². The van der Waals surface area contributed by atoms with E-state index in [1.54, 1.807) is 6.07 Å². The minimum absolute atomic E-state index is 0.0231. The van der Waals surface area contributed by atoms with Gasteiger partial charge in [0.15, 0.2) is 11.6 Å². The van der Waals surface area contributed by atoms with E-state index in [4.69, 9.17) is 5.11 Å². The molecule has 0 saturated heterocycles. The molecule has 0 aliphatic carbocycles. The number of aromatic carboxylic acids is 1. The zero-order chi connectivity index (χ0) is 10.8. The van der Waals surface area contributed by atoms with Crippen molar-refractivity contribution >= 4 is 5.97 Å².